The van der Waals surface area contributed by atoms with Crippen molar-refractivity contribution in [3.05, 3.63) is 0 Å². The monoisotopic (exact) mass is 225 g/mol. The maximum Gasteiger partial charge on any atom is 0.0323 e. The van der Waals surface area contributed by atoms with Crippen molar-refractivity contribution in [1.82, 2.24) is 15.1 Å². The highest BCUT2D eigenvalue weighted by molar-refractivity contribution is 4.82. The van der Waals surface area contributed by atoms with Gasteiger partial charge in [0.2, 0.25) is 0 Å². The topological polar surface area (TPSA) is 18.5 Å². The molecule has 3 nitrogen and oxygen atoms in total. The minimum Gasteiger partial charge on any atom is -0.310 e. The minimum atomic E-state index is 0.672. The summed E-state index contributed by atoms with van der Waals surface area (Å²) in [6.07, 6.45) is 7.16. The zero-order valence-electron chi connectivity index (χ0n) is 10.9. The van der Waals surface area contributed by atoms with Crippen LogP contribution in [0.4, 0.5) is 0 Å². The summed E-state index contributed by atoms with van der Waals surface area (Å²) < 4.78 is 0. The molecule has 1 heterocycles. The lowest BCUT2D eigenvalue weighted by molar-refractivity contribution is 0.144. The third kappa shape index (κ3) is 3.44. The molecule has 1 aliphatic heterocycles. The lowest BCUT2D eigenvalue weighted by Crippen LogP contribution is -2.54. The van der Waals surface area contributed by atoms with Gasteiger partial charge in [-0.25, -0.2) is 0 Å². The van der Waals surface area contributed by atoms with Crippen molar-refractivity contribution in [2.45, 2.75) is 44.2 Å². The van der Waals surface area contributed by atoms with E-state index in [2.05, 4.69) is 29.2 Å². The zero-order valence-corrected chi connectivity index (χ0v) is 10.9. The normalized spacial score (nSPS) is 29.8. The molecule has 0 amide bonds. The molecule has 0 aromatic rings. The molecule has 1 atom stereocenters. The van der Waals surface area contributed by atoms with Gasteiger partial charge in [-0.1, -0.05) is 19.3 Å². The van der Waals surface area contributed by atoms with Crippen molar-refractivity contribution in [3.63, 3.8) is 0 Å². The summed E-state index contributed by atoms with van der Waals surface area (Å²) >= 11 is 0. The second-order valence-corrected chi connectivity index (χ2v) is 5.64. The van der Waals surface area contributed by atoms with Crippen molar-refractivity contribution < 1.29 is 0 Å². The predicted molar refractivity (Wildman–Crippen MR) is 68.8 cm³/mol. The molecular formula is C13H27N3. The van der Waals surface area contributed by atoms with E-state index in [1.54, 1.807) is 0 Å². The molecule has 3 heteroatoms. The highest BCUT2D eigenvalue weighted by Gasteiger charge is 2.22. The number of piperazine rings is 1. The summed E-state index contributed by atoms with van der Waals surface area (Å²) in [4.78, 5) is 5.03. The SMILES string of the molecule is CN1CCNC(CN(C)C2CCCCC2)C1. The Morgan fingerprint density at radius 1 is 1.25 bits per heavy atom. The Balaban J connectivity index is 1.74. The van der Waals surface area contributed by atoms with E-state index in [4.69, 9.17) is 0 Å². The van der Waals surface area contributed by atoms with Gasteiger partial charge in [0.15, 0.2) is 0 Å². The number of hydrogen-bond donors (Lipinski definition) is 1. The maximum atomic E-state index is 3.64. The average molecular weight is 225 g/mol. The standard InChI is InChI=1S/C13H27N3/c1-15-9-8-14-12(10-15)11-16(2)13-6-4-3-5-7-13/h12-14H,3-11H2,1-2H3. The van der Waals surface area contributed by atoms with Gasteiger partial charge in [-0.3, -0.25) is 0 Å². The van der Waals surface area contributed by atoms with E-state index in [0.29, 0.717) is 6.04 Å². The second-order valence-electron chi connectivity index (χ2n) is 5.64. The van der Waals surface area contributed by atoms with Gasteiger partial charge >= 0.3 is 0 Å². The first-order chi connectivity index (χ1) is 7.75. The lowest BCUT2D eigenvalue weighted by atomic mass is 9.94. The van der Waals surface area contributed by atoms with Crippen molar-refractivity contribution in [2.24, 2.45) is 0 Å². The second kappa shape index (κ2) is 5.99. The van der Waals surface area contributed by atoms with Gasteiger partial charge in [0.1, 0.15) is 0 Å². The van der Waals surface area contributed by atoms with Gasteiger partial charge in [0, 0.05) is 38.3 Å². The highest BCUT2D eigenvalue weighted by Crippen LogP contribution is 2.21. The molecule has 0 aromatic heterocycles. The van der Waals surface area contributed by atoms with Gasteiger partial charge in [0.25, 0.3) is 0 Å². The van der Waals surface area contributed by atoms with Gasteiger partial charge in [0.05, 0.1) is 0 Å². The van der Waals surface area contributed by atoms with E-state index >= 15 is 0 Å². The molecule has 1 unspecified atom stereocenters. The van der Waals surface area contributed by atoms with Gasteiger partial charge in [-0.05, 0) is 26.9 Å². The first-order valence-electron chi connectivity index (χ1n) is 6.88. The number of likely N-dealkylation sites (N-methyl/N-ethyl adjacent to an activating group) is 2. The van der Waals surface area contributed by atoms with Gasteiger partial charge in [-0.2, -0.15) is 0 Å². The molecule has 94 valence electrons. The van der Waals surface area contributed by atoms with Gasteiger partial charge < -0.3 is 15.1 Å². The molecule has 0 spiro atoms. The average Bonchev–Trinajstić information content (AvgIpc) is 2.30. The third-order valence-corrected chi connectivity index (χ3v) is 4.17. The van der Waals surface area contributed by atoms with Crippen LogP contribution in [-0.2, 0) is 0 Å². The Labute approximate surface area is 100 Å². The van der Waals surface area contributed by atoms with Crippen LogP contribution in [0.5, 0.6) is 0 Å². The molecule has 1 N–H and O–H groups in total. The Morgan fingerprint density at radius 2 is 2.00 bits per heavy atom. The van der Waals surface area contributed by atoms with Crippen LogP contribution in [0.3, 0.4) is 0 Å². The smallest absolute Gasteiger partial charge is 0.0323 e. The van der Waals surface area contributed by atoms with Crippen molar-refractivity contribution in [1.29, 1.82) is 0 Å². The fourth-order valence-corrected chi connectivity index (χ4v) is 3.13. The summed E-state index contributed by atoms with van der Waals surface area (Å²) in [6.45, 7) is 4.77. The Kier molecular flexibility index (Phi) is 4.62. The fourth-order valence-electron chi connectivity index (χ4n) is 3.13. The Morgan fingerprint density at radius 3 is 2.69 bits per heavy atom. The van der Waals surface area contributed by atoms with E-state index in [-0.39, 0.29) is 0 Å². The van der Waals surface area contributed by atoms with E-state index in [1.807, 2.05) is 0 Å². The largest absolute Gasteiger partial charge is 0.310 e. The van der Waals surface area contributed by atoms with Crippen LogP contribution in [0.25, 0.3) is 0 Å². The Bertz CT molecular complexity index is 201. The summed E-state index contributed by atoms with van der Waals surface area (Å²) in [5.41, 5.74) is 0. The number of rotatable bonds is 3. The molecule has 0 radical (unpaired) electrons. The predicted octanol–water partition coefficient (Wildman–Crippen LogP) is 1.15. The van der Waals surface area contributed by atoms with Crippen LogP contribution < -0.4 is 5.32 Å². The van der Waals surface area contributed by atoms with Crippen molar-refractivity contribution in [2.75, 3.05) is 40.3 Å². The molecule has 0 aromatic carbocycles. The molecule has 16 heavy (non-hydrogen) atoms. The summed E-state index contributed by atoms with van der Waals surface area (Å²) in [5.74, 6) is 0. The van der Waals surface area contributed by atoms with Crippen LogP contribution in [0.1, 0.15) is 32.1 Å². The van der Waals surface area contributed by atoms with Crippen LogP contribution in [0.2, 0.25) is 0 Å². The van der Waals surface area contributed by atoms with Crippen LogP contribution >= 0.6 is 0 Å². The van der Waals surface area contributed by atoms with Crippen molar-refractivity contribution >= 4 is 0 Å². The molecule has 2 fully saturated rings. The minimum absolute atomic E-state index is 0.672. The molecule has 0 bridgehead atoms. The zero-order chi connectivity index (χ0) is 11.4. The molecular weight excluding hydrogens is 198 g/mol. The molecule has 1 saturated heterocycles. The van der Waals surface area contributed by atoms with Crippen LogP contribution in [0.15, 0.2) is 0 Å². The maximum absolute atomic E-state index is 3.64. The first kappa shape index (κ1) is 12.3. The van der Waals surface area contributed by atoms with E-state index in [9.17, 15) is 0 Å². The summed E-state index contributed by atoms with van der Waals surface area (Å²) in [6, 6.07) is 1.52. The lowest BCUT2D eigenvalue weighted by Gasteiger charge is -2.37. The first-order valence-corrected chi connectivity index (χ1v) is 6.88. The quantitative estimate of drug-likeness (QED) is 0.777. The van der Waals surface area contributed by atoms with Gasteiger partial charge in [-0.15, -0.1) is 0 Å². The summed E-state index contributed by atoms with van der Waals surface area (Å²) in [7, 11) is 4.54. The summed E-state index contributed by atoms with van der Waals surface area (Å²) in [5, 5.41) is 3.64. The Hall–Kier alpha value is -0.120. The molecule has 1 aliphatic carbocycles. The van der Waals surface area contributed by atoms with E-state index in [0.717, 1.165) is 12.6 Å². The molecule has 2 aliphatic rings. The highest BCUT2D eigenvalue weighted by atomic mass is 15.2. The number of nitrogens with one attached hydrogen (secondary N) is 1. The van der Waals surface area contributed by atoms with Crippen LogP contribution in [-0.4, -0.2) is 62.2 Å². The molecule has 1 saturated carbocycles. The molecule has 2 rings (SSSR count). The number of hydrogen-bond acceptors (Lipinski definition) is 3. The fraction of sp³-hybridized carbons (Fsp3) is 1.00. The number of nitrogens with zero attached hydrogens (tertiary/aromatic N) is 2. The third-order valence-electron chi connectivity index (χ3n) is 4.17. The van der Waals surface area contributed by atoms with E-state index in [1.165, 1.54) is 51.7 Å². The van der Waals surface area contributed by atoms with Crippen molar-refractivity contribution in [3.8, 4) is 0 Å². The van der Waals surface area contributed by atoms with E-state index < -0.39 is 0 Å². The van der Waals surface area contributed by atoms with Crippen LogP contribution in [0, 0.1) is 0 Å².